The third-order valence-corrected chi connectivity index (χ3v) is 6.45. The number of hydrogen-bond donors (Lipinski definition) is 4. The average molecular weight is 541 g/mol. The van der Waals surface area contributed by atoms with Gasteiger partial charge in [0.2, 0.25) is 5.91 Å². The number of phenolic OH excluding ortho intramolecular Hbond substituents is 1. The lowest BCUT2D eigenvalue weighted by molar-refractivity contribution is -0.138. The summed E-state index contributed by atoms with van der Waals surface area (Å²) in [6, 6.07) is 14.4. The van der Waals surface area contributed by atoms with Crippen molar-refractivity contribution in [3.8, 4) is 11.5 Å². The summed E-state index contributed by atoms with van der Waals surface area (Å²) >= 11 is 0. The van der Waals surface area contributed by atoms with Crippen LogP contribution < -0.4 is 15.0 Å². The van der Waals surface area contributed by atoms with Gasteiger partial charge < -0.3 is 30.3 Å². The Morgan fingerprint density at radius 3 is 2.26 bits per heavy atom. The number of β-lactam (4-membered cyclic amide) rings is 1. The van der Waals surface area contributed by atoms with Gasteiger partial charge in [0, 0.05) is 17.3 Å². The highest BCUT2D eigenvalue weighted by Crippen LogP contribution is 2.49. The highest BCUT2D eigenvalue weighted by atomic mass is 19.1. The topological polar surface area (TPSA) is 136 Å². The Balaban J connectivity index is 1.52. The number of phenols is 1. The molecule has 204 valence electrons. The molecule has 1 saturated heterocycles. The number of nitrogens with zero attached hydrogens (tertiary/aromatic N) is 1. The van der Waals surface area contributed by atoms with Crippen LogP contribution in [-0.2, 0) is 14.4 Å². The number of rotatable bonds is 11. The molecule has 3 aromatic carbocycles. The van der Waals surface area contributed by atoms with Gasteiger partial charge in [0.25, 0.3) is 5.91 Å². The molecular formula is C28H26F2N2O7. The zero-order valence-electron chi connectivity index (χ0n) is 20.6. The molecule has 1 heterocycles. The summed E-state index contributed by atoms with van der Waals surface area (Å²) in [5.41, 5.74) is 1.31. The highest BCUT2D eigenvalue weighted by molar-refractivity contribution is 6.03. The molecule has 0 radical (unpaired) electrons. The van der Waals surface area contributed by atoms with Crippen molar-refractivity contribution in [3.63, 3.8) is 0 Å². The number of anilines is 1. The van der Waals surface area contributed by atoms with E-state index in [0.29, 0.717) is 16.8 Å². The third kappa shape index (κ3) is 6.50. The Morgan fingerprint density at radius 1 is 1.00 bits per heavy atom. The largest absolute Gasteiger partial charge is 0.507 e. The van der Waals surface area contributed by atoms with E-state index < -0.39 is 54.7 Å². The predicted molar refractivity (Wildman–Crippen MR) is 135 cm³/mol. The van der Waals surface area contributed by atoms with Crippen molar-refractivity contribution in [2.75, 3.05) is 18.1 Å². The number of carboxylic acid groups (broad SMARTS) is 1. The molecule has 0 aliphatic carbocycles. The number of benzene rings is 3. The lowest BCUT2D eigenvalue weighted by Gasteiger charge is -2.48. The Bertz CT molecular complexity index is 1350. The van der Waals surface area contributed by atoms with Gasteiger partial charge in [0.15, 0.2) is 6.61 Å². The summed E-state index contributed by atoms with van der Waals surface area (Å²) in [5.74, 6) is -3.73. The number of carbonyl (C=O) groups is 3. The number of halogens is 2. The van der Waals surface area contributed by atoms with Crippen molar-refractivity contribution in [2.45, 2.75) is 25.0 Å². The Hall–Kier alpha value is -4.51. The lowest BCUT2D eigenvalue weighted by atomic mass is 9.78. The van der Waals surface area contributed by atoms with Gasteiger partial charge in [0.05, 0.1) is 18.1 Å². The van der Waals surface area contributed by atoms with Gasteiger partial charge in [-0.05, 0) is 66.9 Å². The van der Waals surface area contributed by atoms with Gasteiger partial charge in [0.1, 0.15) is 29.7 Å². The second-order valence-electron chi connectivity index (χ2n) is 9.06. The number of carbonyl (C=O) groups excluding carboxylic acids is 2. The summed E-state index contributed by atoms with van der Waals surface area (Å²) in [7, 11) is 0. The standard InChI is InChI=1S/C28H26F2N2O7/c29-17-3-1-16(2-4-17)23(33)12-11-22-27(32(28(22)38)19-7-5-18(30)6-8-19)21-10-9-20(13-24(21)34)39-15-25(35)31-14-26(36)37/h1-10,13,22-23,27,33-34H,11-12,14-15H2,(H,31,35)(H,36,37)/t22-,23+,27-/m1/s1. The number of aliphatic carboxylic acids is 1. The van der Waals surface area contributed by atoms with E-state index in [2.05, 4.69) is 5.32 Å². The summed E-state index contributed by atoms with van der Waals surface area (Å²) in [6.45, 7) is -1.03. The number of ether oxygens (including phenoxy) is 1. The van der Waals surface area contributed by atoms with E-state index in [9.17, 15) is 33.4 Å². The first kappa shape index (κ1) is 27.5. The van der Waals surface area contributed by atoms with E-state index in [4.69, 9.17) is 9.84 Å². The number of nitrogens with one attached hydrogen (secondary N) is 1. The minimum absolute atomic E-state index is 0.143. The molecule has 11 heteroatoms. The molecule has 1 fully saturated rings. The molecule has 2 amide bonds. The molecule has 0 saturated carbocycles. The van der Waals surface area contributed by atoms with E-state index >= 15 is 0 Å². The van der Waals surface area contributed by atoms with Crippen molar-refractivity contribution < 1.29 is 43.2 Å². The second-order valence-corrected chi connectivity index (χ2v) is 9.06. The lowest BCUT2D eigenvalue weighted by Crippen LogP contribution is -2.55. The van der Waals surface area contributed by atoms with Crippen molar-refractivity contribution in [1.82, 2.24) is 5.32 Å². The molecule has 9 nitrogen and oxygen atoms in total. The number of aliphatic hydroxyl groups excluding tert-OH is 1. The smallest absolute Gasteiger partial charge is 0.322 e. The molecule has 0 spiro atoms. The molecule has 3 aromatic rings. The minimum Gasteiger partial charge on any atom is -0.507 e. The van der Waals surface area contributed by atoms with Gasteiger partial charge >= 0.3 is 5.97 Å². The number of carboxylic acids is 1. The molecule has 4 rings (SSSR count). The molecule has 0 unspecified atom stereocenters. The SMILES string of the molecule is O=C(O)CNC(=O)COc1ccc([C@@H]2[C@@H](CC[C@H](O)c3ccc(F)cc3)C(=O)N2c2ccc(F)cc2)c(O)c1. The molecule has 4 N–H and O–H groups in total. The van der Waals surface area contributed by atoms with Crippen LogP contribution in [0.1, 0.15) is 36.1 Å². The number of hydrogen-bond acceptors (Lipinski definition) is 6. The fourth-order valence-electron chi connectivity index (χ4n) is 4.50. The molecule has 1 aliphatic heterocycles. The van der Waals surface area contributed by atoms with Gasteiger partial charge in [-0.1, -0.05) is 12.1 Å². The first-order valence-corrected chi connectivity index (χ1v) is 12.1. The highest BCUT2D eigenvalue weighted by Gasteiger charge is 2.49. The van der Waals surface area contributed by atoms with Crippen LogP contribution in [0.5, 0.6) is 11.5 Å². The maximum Gasteiger partial charge on any atom is 0.322 e. The van der Waals surface area contributed by atoms with Crippen LogP contribution in [0.25, 0.3) is 0 Å². The van der Waals surface area contributed by atoms with Crippen LogP contribution in [0.2, 0.25) is 0 Å². The predicted octanol–water partition coefficient (Wildman–Crippen LogP) is 3.47. The summed E-state index contributed by atoms with van der Waals surface area (Å²) in [4.78, 5) is 36.9. The van der Waals surface area contributed by atoms with Gasteiger partial charge in [-0.2, -0.15) is 0 Å². The third-order valence-electron chi connectivity index (χ3n) is 6.45. The normalized spacial score (nSPS) is 17.3. The van der Waals surface area contributed by atoms with Crippen LogP contribution >= 0.6 is 0 Å². The molecule has 1 aliphatic rings. The maximum absolute atomic E-state index is 13.5. The van der Waals surface area contributed by atoms with Crippen LogP contribution in [0.15, 0.2) is 66.7 Å². The summed E-state index contributed by atoms with van der Waals surface area (Å²) in [5, 5.41) is 32.2. The van der Waals surface area contributed by atoms with Crippen LogP contribution in [0.4, 0.5) is 14.5 Å². The Morgan fingerprint density at radius 2 is 1.64 bits per heavy atom. The number of amides is 2. The van der Waals surface area contributed by atoms with Crippen molar-refractivity contribution >= 4 is 23.5 Å². The monoisotopic (exact) mass is 540 g/mol. The average Bonchev–Trinajstić information content (AvgIpc) is 2.91. The summed E-state index contributed by atoms with van der Waals surface area (Å²) < 4.78 is 32.1. The second kappa shape index (κ2) is 11.9. The zero-order valence-corrected chi connectivity index (χ0v) is 20.6. The molecule has 3 atom stereocenters. The number of aliphatic hydroxyl groups is 1. The quantitative estimate of drug-likeness (QED) is 0.274. The van der Waals surface area contributed by atoms with Crippen molar-refractivity contribution in [2.24, 2.45) is 5.92 Å². The van der Waals surface area contributed by atoms with Crippen LogP contribution in [-0.4, -0.2) is 46.3 Å². The molecule has 0 bridgehead atoms. The Kier molecular flexibility index (Phi) is 8.40. The van der Waals surface area contributed by atoms with E-state index in [0.717, 1.165) is 0 Å². The molecular weight excluding hydrogens is 514 g/mol. The Labute approximate surface area is 222 Å². The maximum atomic E-state index is 13.5. The first-order valence-electron chi connectivity index (χ1n) is 12.1. The molecule has 39 heavy (non-hydrogen) atoms. The van der Waals surface area contributed by atoms with Crippen LogP contribution in [0, 0.1) is 17.6 Å². The fraction of sp³-hybridized carbons (Fsp3) is 0.250. The van der Waals surface area contributed by atoms with Crippen molar-refractivity contribution in [1.29, 1.82) is 0 Å². The summed E-state index contributed by atoms with van der Waals surface area (Å²) in [6.07, 6.45) is -0.486. The van der Waals surface area contributed by atoms with E-state index in [1.807, 2.05) is 0 Å². The first-order chi connectivity index (χ1) is 18.6. The van der Waals surface area contributed by atoms with Gasteiger partial charge in [-0.25, -0.2) is 8.78 Å². The van der Waals surface area contributed by atoms with Gasteiger partial charge in [-0.15, -0.1) is 0 Å². The van der Waals surface area contributed by atoms with E-state index in [-0.39, 0.29) is 30.2 Å². The van der Waals surface area contributed by atoms with E-state index in [1.165, 1.54) is 71.6 Å². The van der Waals surface area contributed by atoms with E-state index in [1.54, 1.807) is 0 Å². The zero-order chi connectivity index (χ0) is 28.1. The van der Waals surface area contributed by atoms with Gasteiger partial charge in [-0.3, -0.25) is 14.4 Å². The minimum atomic E-state index is -1.20. The number of aromatic hydroxyl groups is 1. The molecule has 0 aromatic heterocycles. The fourth-order valence-corrected chi connectivity index (χ4v) is 4.50. The van der Waals surface area contributed by atoms with Crippen molar-refractivity contribution in [3.05, 3.63) is 89.5 Å². The van der Waals surface area contributed by atoms with Crippen LogP contribution in [0.3, 0.4) is 0 Å².